The van der Waals surface area contributed by atoms with E-state index in [0.29, 0.717) is 11.3 Å². The molecule has 0 spiro atoms. The van der Waals surface area contributed by atoms with Crippen molar-refractivity contribution in [2.75, 3.05) is 23.3 Å². The molecule has 0 bridgehead atoms. The lowest BCUT2D eigenvalue weighted by molar-refractivity contribution is -0.385. The van der Waals surface area contributed by atoms with E-state index in [2.05, 4.69) is 10.2 Å². The summed E-state index contributed by atoms with van der Waals surface area (Å²) in [6.07, 6.45) is 0.149. The Bertz CT molecular complexity index is 829. The molecule has 1 amide bonds. The van der Waals surface area contributed by atoms with E-state index in [4.69, 9.17) is 4.74 Å². The Balaban J connectivity index is 1.77. The van der Waals surface area contributed by atoms with Crippen LogP contribution in [0.25, 0.3) is 0 Å². The SMILES string of the molecule is CC1CN(c2ccccc2NC(=O)Cc2ccccc2[N+](=O)[O-])CC(C)O1. The molecule has 0 saturated carbocycles. The number of benzene rings is 2. The van der Waals surface area contributed by atoms with Gasteiger partial charge >= 0.3 is 0 Å². The summed E-state index contributed by atoms with van der Waals surface area (Å²) >= 11 is 0. The predicted octanol–water partition coefficient (Wildman–Crippen LogP) is 3.39. The molecule has 27 heavy (non-hydrogen) atoms. The summed E-state index contributed by atoms with van der Waals surface area (Å²) < 4.78 is 5.78. The van der Waals surface area contributed by atoms with Crippen molar-refractivity contribution in [3.8, 4) is 0 Å². The van der Waals surface area contributed by atoms with E-state index in [-0.39, 0.29) is 30.2 Å². The molecule has 2 aromatic carbocycles. The number of carbonyl (C=O) groups excluding carboxylic acids is 1. The molecule has 3 rings (SSSR count). The minimum Gasteiger partial charge on any atom is -0.372 e. The Morgan fingerprint density at radius 1 is 1.15 bits per heavy atom. The number of hydrogen-bond donors (Lipinski definition) is 1. The van der Waals surface area contributed by atoms with Gasteiger partial charge in [-0.05, 0) is 26.0 Å². The Hall–Kier alpha value is -2.93. The van der Waals surface area contributed by atoms with Crippen molar-refractivity contribution in [1.82, 2.24) is 0 Å². The van der Waals surface area contributed by atoms with Gasteiger partial charge in [0.2, 0.25) is 5.91 Å². The van der Waals surface area contributed by atoms with Gasteiger partial charge < -0.3 is 15.0 Å². The lowest BCUT2D eigenvalue weighted by atomic mass is 10.1. The molecule has 2 atom stereocenters. The molecule has 0 radical (unpaired) electrons. The van der Waals surface area contributed by atoms with Crippen molar-refractivity contribution in [2.24, 2.45) is 0 Å². The normalized spacial score (nSPS) is 19.6. The molecule has 1 fully saturated rings. The highest BCUT2D eigenvalue weighted by Crippen LogP contribution is 2.29. The largest absolute Gasteiger partial charge is 0.372 e. The summed E-state index contributed by atoms with van der Waals surface area (Å²) in [5, 5.41) is 14.0. The first-order chi connectivity index (χ1) is 12.9. The number of anilines is 2. The molecule has 1 saturated heterocycles. The van der Waals surface area contributed by atoms with Crippen LogP contribution in [0.3, 0.4) is 0 Å². The number of ether oxygens (including phenoxy) is 1. The maximum absolute atomic E-state index is 12.5. The van der Waals surface area contributed by atoms with Crippen LogP contribution in [0.4, 0.5) is 17.1 Å². The first kappa shape index (κ1) is 18.8. The minimum absolute atomic E-state index is 0.0447. The molecule has 0 aromatic heterocycles. The third kappa shape index (κ3) is 4.62. The van der Waals surface area contributed by atoms with E-state index in [9.17, 15) is 14.9 Å². The second-order valence-corrected chi connectivity index (χ2v) is 6.79. The molecule has 7 heteroatoms. The fraction of sp³-hybridized carbons (Fsp3) is 0.350. The number of rotatable bonds is 5. The summed E-state index contributed by atoms with van der Waals surface area (Å²) in [5.41, 5.74) is 1.97. The number of nitrogens with one attached hydrogen (secondary N) is 1. The zero-order valence-electron chi connectivity index (χ0n) is 15.4. The fourth-order valence-electron chi connectivity index (χ4n) is 3.44. The van der Waals surface area contributed by atoms with E-state index in [1.165, 1.54) is 6.07 Å². The number of hydrogen-bond acceptors (Lipinski definition) is 5. The minimum atomic E-state index is -0.465. The van der Waals surface area contributed by atoms with Crippen molar-refractivity contribution in [1.29, 1.82) is 0 Å². The first-order valence-electron chi connectivity index (χ1n) is 8.95. The molecule has 1 N–H and O–H groups in total. The van der Waals surface area contributed by atoms with Crippen LogP contribution < -0.4 is 10.2 Å². The highest BCUT2D eigenvalue weighted by Gasteiger charge is 2.24. The van der Waals surface area contributed by atoms with Crippen molar-refractivity contribution < 1.29 is 14.5 Å². The highest BCUT2D eigenvalue weighted by atomic mass is 16.6. The Morgan fingerprint density at radius 2 is 1.78 bits per heavy atom. The molecule has 2 aromatic rings. The predicted molar refractivity (Wildman–Crippen MR) is 104 cm³/mol. The van der Waals surface area contributed by atoms with Crippen molar-refractivity contribution in [3.05, 3.63) is 64.2 Å². The van der Waals surface area contributed by atoms with Crippen LogP contribution in [0, 0.1) is 10.1 Å². The number of nitro groups is 1. The summed E-state index contributed by atoms with van der Waals surface area (Å²) in [7, 11) is 0. The molecule has 142 valence electrons. The standard InChI is InChI=1S/C20H23N3O4/c1-14-12-22(13-15(2)27-14)19-10-6-4-8-17(19)21-20(24)11-16-7-3-5-9-18(16)23(25)26/h3-10,14-15H,11-13H2,1-2H3,(H,21,24). The van der Waals surface area contributed by atoms with Gasteiger partial charge in [0.25, 0.3) is 5.69 Å². The molecular formula is C20H23N3O4. The second kappa shape index (κ2) is 8.18. The third-order valence-corrected chi connectivity index (χ3v) is 4.48. The van der Waals surface area contributed by atoms with Crippen molar-refractivity contribution in [3.63, 3.8) is 0 Å². The Kier molecular flexibility index (Phi) is 5.71. The van der Waals surface area contributed by atoms with Crippen LogP contribution in [0.15, 0.2) is 48.5 Å². The van der Waals surface area contributed by atoms with Gasteiger partial charge in [-0.25, -0.2) is 0 Å². The van der Waals surface area contributed by atoms with Gasteiger partial charge in [-0.15, -0.1) is 0 Å². The maximum Gasteiger partial charge on any atom is 0.273 e. The molecule has 1 heterocycles. The first-order valence-corrected chi connectivity index (χ1v) is 8.95. The fourth-order valence-corrected chi connectivity index (χ4v) is 3.44. The Labute approximate surface area is 158 Å². The van der Waals surface area contributed by atoms with E-state index in [1.807, 2.05) is 38.1 Å². The van der Waals surface area contributed by atoms with E-state index in [1.54, 1.807) is 18.2 Å². The summed E-state index contributed by atoms with van der Waals surface area (Å²) in [6.45, 7) is 5.53. The average Bonchev–Trinajstić information content (AvgIpc) is 2.61. The number of nitrogens with zero attached hydrogens (tertiary/aromatic N) is 2. The summed E-state index contributed by atoms with van der Waals surface area (Å²) in [4.78, 5) is 25.4. The van der Waals surface area contributed by atoms with Gasteiger partial charge in [0, 0.05) is 24.7 Å². The summed E-state index contributed by atoms with van der Waals surface area (Å²) in [6, 6.07) is 13.9. The van der Waals surface area contributed by atoms with Crippen molar-refractivity contribution in [2.45, 2.75) is 32.5 Å². The lowest BCUT2D eigenvalue weighted by Gasteiger charge is -2.37. The smallest absolute Gasteiger partial charge is 0.273 e. The third-order valence-electron chi connectivity index (χ3n) is 4.48. The van der Waals surface area contributed by atoms with Crippen LogP contribution in [-0.4, -0.2) is 36.1 Å². The zero-order chi connectivity index (χ0) is 19.4. The van der Waals surface area contributed by atoms with E-state index in [0.717, 1.165) is 18.8 Å². The van der Waals surface area contributed by atoms with Crippen molar-refractivity contribution >= 4 is 23.0 Å². The van der Waals surface area contributed by atoms with Crippen LogP contribution in [0.2, 0.25) is 0 Å². The van der Waals surface area contributed by atoms with Gasteiger partial charge in [0.1, 0.15) is 0 Å². The monoisotopic (exact) mass is 369 g/mol. The number of amides is 1. The van der Waals surface area contributed by atoms with Crippen LogP contribution >= 0.6 is 0 Å². The van der Waals surface area contributed by atoms with Gasteiger partial charge in [-0.2, -0.15) is 0 Å². The summed E-state index contributed by atoms with van der Waals surface area (Å²) in [5.74, 6) is -0.286. The van der Waals surface area contributed by atoms with Gasteiger partial charge in [0.15, 0.2) is 0 Å². The molecule has 0 aliphatic carbocycles. The quantitative estimate of drug-likeness (QED) is 0.645. The van der Waals surface area contributed by atoms with E-state index < -0.39 is 4.92 Å². The molecule has 2 unspecified atom stereocenters. The van der Waals surface area contributed by atoms with Crippen LogP contribution in [0.1, 0.15) is 19.4 Å². The molecule has 1 aliphatic heterocycles. The Morgan fingerprint density at radius 3 is 2.48 bits per heavy atom. The zero-order valence-corrected chi connectivity index (χ0v) is 15.4. The number of para-hydroxylation sites is 3. The molecular weight excluding hydrogens is 346 g/mol. The van der Waals surface area contributed by atoms with E-state index >= 15 is 0 Å². The number of carbonyl (C=O) groups is 1. The van der Waals surface area contributed by atoms with Gasteiger partial charge in [-0.3, -0.25) is 14.9 Å². The number of morpholine rings is 1. The second-order valence-electron chi connectivity index (χ2n) is 6.79. The van der Waals surface area contributed by atoms with Gasteiger partial charge in [-0.1, -0.05) is 30.3 Å². The molecule has 1 aliphatic rings. The van der Waals surface area contributed by atoms with Gasteiger partial charge in [0.05, 0.1) is 34.9 Å². The molecule has 7 nitrogen and oxygen atoms in total. The highest BCUT2D eigenvalue weighted by molar-refractivity contribution is 5.96. The van der Waals surface area contributed by atoms with Crippen LogP contribution in [0.5, 0.6) is 0 Å². The average molecular weight is 369 g/mol. The van der Waals surface area contributed by atoms with Crippen LogP contribution in [-0.2, 0) is 16.0 Å². The maximum atomic E-state index is 12.5. The number of nitro benzene ring substituents is 1. The topological polar surface area (TPSA) is 84.7 Å². The lowest BCUT2D eigenvalue weighted by Crippen LogP contribution is -2.45.